The molecule has 1 amide bonds. The van der Waals surface area contributed by atoms with Crippen molar-refractivity contribution in [3.63, 3.8) is 0 Å². The quantitative estimate of drug-likeness (QED) is 0.723. The molecule has 0 aliphatic carbocycles. The first-order valence-corrected chi connectivity index (χ1v) is 7.04. The van der Waals surface area contributed by atoms with E-state index in [2.05, 4.69) is 5.32 Å². The highest BCUT2D eigenvalue weighted by Crippen LogP contribution is 2.12. The van der Waals surface area contributed by atoms with Crippen molar-refractivity contribution in [1.29, 1.82) is 0 Å². The monoisotopic (exact) mass is 256 g/mol. The van der Waals surface area contributed by atoms with Crippen LogP contribution in [0, 0.1) is 0 Å². The molecule has 2 heterocycles. The number of hydrogen-bond acceptors (Lipinski definition) is 4. The van der Waals surface area contributed by atoms with Gasteiger partial charge in [-0.15, -0.1) is 0 Å². The number of nitrogens with one attached hydrogen (secondary N) is 1. The summed E-state index contributed by atoms with van der Waals surface area (Å²) in [5.74, 6) is 0.214. The van der Waals surface area contributed by atoms with E-state index in [9.17, 15) is 4.79 Å². The zero-order chi connectivity index (χ0) is 12.6. The molecule has 2 saturated heterocycles. The largest absolute Gasteiger partial charge is 0.378 e. The highest BCUT2D eigenvalue weighted by atomic mass is 16.5. The van der Waals surface area contributed by atoms with Gasteiger partial charge in [-0.25, -0.2) is 0 Å². The molecule has 104 valence electrons. The van der Waals surface area contributed by atoms with Crippen LogP contribution in [0.15, 0.2) is 0 Å². The third-order valence-corrected chi connectivity index (χ3v) is 3.48. The van der Waals surface area contributed by atoms with Gasteiger partial charge in [0.1, 0.15) is 0 Å². The molecule has 0 aromatic heterocycles. The van der Waals surface area contributed by atoms with Gasteiger partial charge < -0.3 is 19.7 Å². The number of amides is 1. The summed E-state index contributed by atoms with van der Waals surface area (Å²) in [6.45, 7) is 5.62. The van der Waals surface area contributed by atoms with Gasteiger partial charge in [-0.3, -0.25) is 4.79 Å². The molecular formula is C13H24N2O3. The third-order valence-electron chi connectivity index (χ3n) is 3.48. The standard InChI is InChI=1S/C13H24N2O3/c16-13(15-7-2-5-14-6-8-15)4-10-17-11-12-3-1-9-18-12/h12,14H,1-11H2. The molecule has 0 spiro atoms. The lowest BCUT2D eigenvalue weighted by molar-refractivity contribution is -0.132. The van der Waals surface area contributed by atoms with Crippen LogP contribution in [-0.2, 0) is 14.3 Å². The summed E-state index contributed by atoms with van der Waals surface area (Å²) >= 11 is 0. The van der Waals surface area contributed by atoms with Gasteiger partial charge in [-0.05, 0) is 25.8 Å². The van der Waals surface area contributed by atoms with E-state index in [1.54, 1.807) is 0 Å². The van der Waals surface area contributed by atoms with Crippen LogP contribution in [0.2, 0.25) is 0 Å². The molecule has 1 unspecified atom stereocenters. The normalized spacial score (nSPS) is 25.1. The van der Waals surface area contributed by atoms with Crippen molar-refractivity contribution >= 4 is 5.91 Å². The Balaban J connectivity index is 1.55. The molecule has 2 rings (SSSR count). The van der Waals surface area contributed by atoms with E-state index < -0.39 is 0 Å². The summed E-state index contributed by atoms with van der Waals surface area (Å²) in [7, 11) is 0. The number of hydrogen-bond donors (Lipinski definition) is 1. The maximum atomic E-state index is 11.9. The van der Waals surface area contributed by atoms with Crippen molar-refractivity contribution in [3.05, 3.63) is 0 Å². The number of ether oxygens (including phenoxy) is 2. The Bertz CT molecular complexity index is 247. The van der Waals surface area contributed by atoms with Gasteiger partial charge in [-0.1, -0.05) is 0 Å². The summed E-state index contributed by atoms with van der Waals surface area (Å²) in [5.41, 5.74) is 0. The van der Waals surface area contributed by atoms with Crippen LogP contribution in [-0.4, -0.2) is 62.9 Å². The van der Waals surface area contributed by atoms with Crippen molar-refractivity contribution in [2.75, 3.05) is 46.0 Å². The molecule has 0 bridgehead atoms. The molecular weight excluding hydrogens is 232 g/mol. The lowest BCUT2D eigenvalue weighted by Crippen LogP contribution is -2.34. The van der Waals surface area contributed by atoms with Crippen molar-refractivity contribution in [1.82, 2.24) is 10.2 Å². The SMILES string of the molecule is O=C(CCOCC1CCCO1)N1CCCNCC1. The van der Waals surface area contributed by atoms with E-state index >= 15 is 0 Å². The van der Waals surface area contributed by atoms with E-state index in [4.69, 9.17) is 9.47 Å². The molecule has 2 aliphatic rings. The van der Waals surface area contributed by atoms with Crippen LogP contribution in [0.5, 0.6) is 0 Å². The zero-order valence-electron chi connectivity index (χ0n) is 11.0. The Morgan fingerprint density at radius 3 is 3.11 bits per heavy atom. The number of rotatable bonds is 5. The zero-order valence-corrected chi connectivity index (χ0v) is 11.0. The first-order chi connectivity index (χ1) is 8.86. The Morgan fingerprint density at radius 1 is 1.33 bits per heavy atom. The maximum absolute atomic E-state index is 11.9. The Morgan fingerprint density at radius 2 is 2.28 bits per heavy atom. The van der Waals surface area contributed by atoms with Crippen LogP contribution in [0.4, 0.5) is 0 Å². The fourth-order valence-electron chi connectivity index (χ4n) is 2.40. The molecule has 1 N–H and O–H groups in total. The molecule has 0 radical (unpaired) electrons. The summed E-state index contributed by atoms with van der Waals surface area (Å²) < 4.78 is 11.0. The van der Waals surface area contributed by atoms with Crippen molar-refractivity contribution in [3.8, 4) is 0 Å². The summed E-state index contributed by atoms with van der Waals surface area (Å²) in [6.07, 6.45) is 4.01. The van der Waals surface area contributed by atoms with Crippen molar-refractivity contribution < 1.29 is 14.3 Å². The molecule has 5 nitrogen and oxygen atoms in total. The summed E-state index contributed by atoms with van der Waals surface area (Å²) in [4.78, 5) is 13.9. The minimum Gasteiger partial charge on any atom is -0.378 e. The topological polar surface area (TPSA) is 50.8 Å². The predicted molar refractivity (Wildman–Crippen MR) is 68.5 cm³/mol. The fourth-order valence-corrected chi connectivity index (χ4v) is 2.40. The first-order valence-electron chi connectivity index (χ1n) is 7.04. The Hall–Kier alpha value is -0.650. The van der Waals surface area contributed by atoms with Gasteiger partial charge in [0.05, 0.1) is 25.7 Å². The number of carbonyl (C=O) groups excluding carboxylic acids is 1. The smallest absolute Gasteiger partial charge is 0.224 e. The molecule has 0 aromatic carbocycles. The lowest BCUT2D eigenvalue weighted by Gasteiger charge is -2.20. The molecule has 2 fully saturated rings. The van der Waals surface area contributed by atoms with Gasteiger partial charge >= 0.3 is 0 Å². The second-order valence-corrected chi connectivity index (χ2v) is 4.94. The maximum Gasteiger partial charge on any atom is 0.224 e. The van der Waals surface area contributed by atoms with E-state index in [1.807, 2.05) is 4.90 Å². The average molecular weight is 256 g/mol. The van der Waals surface area contributed by atoms with E-state index in [1.165, 1.54) is 0 Å². The Kier molecular flexibility index (Phi) is 5.90. The van der Waals surface area contributed by atoms with E-state index in [0.717, 1.165) is 52.0 Å². The minimum atomic E-state index is 0.214. The number of carbonyl (C=O) groups is 1. The second kappa shape index (κ2) is 7.71. The first kappa shape index (κ1) is 13.8. The fraction of sp³-hybridized carbons (Fsp3) is 0.923. The van der Waals surface area contributed by atoms with Crippen molar-refractivity contribution in [2.24, 2.45) is 0 Å². The molecule has 0 saturated carbocycles. The highest BCUT2D eigenvalue weighted by molar-refractivity contribution is 5.76. The van der Waals surface area contributed by atoms with Crippen LogP contribution >= 0.6 is 0 Å². The van der Waals surface area contributed by atoms with Crippen LogP contribution < -0.4 is 5.32 Å². The molecule has 0 aromatic rings. The van der Waals surface area contributed by atoms with Gasteiger partial charge in [0.25, 0.3) is 0 Å². The third kappa shape index (κ3) is 4.55. The number of nitrogens with zero attached hydrogens (tertiary/aromatic N) is 1. The molecule has 5 heteroatoms. The van der Waals surface area contributed by atoms with Gasteiger partial charge in [-0.2, -0.15) is 0 Å². The summed E-state index contributed by atoms with van der Waals surface area (Å²) in [5, 5.41) is 3.29. The predicted octanol–water partition coefficient (Wildman–Crippen LogP) is 0.394. The Labute approximate surface area is 109 Å². The summed E-state index contributed by atoms with van der Waals surface area (Å²) in [6, 6.07) is 0. The van der Waals surface area contributed by atoms with E-state index in [0.29, 0.717) is 19.6 Å². The van der Waals surface area contributed by atoms with Gasteiger partial charge in [0.15, 0.2) is 0 Å². The van der Waals surface area contributed by atoms with E-state index in [-0.39, 0.29) is 12.0 Å². The van der Waals surface area contributed by atoms with Crippen LogP contribution in [0.3, 0.4) is 0 Å². The van der Waals surface area contributed by atoms with Gasteiger partial charge in [0, 0.05) is 26.2 Å². The molecule has 2 aliphatic heterocycles. The van der Waals surface area contributed by atoms with Crippen LogP contribution in [0.1, 0.15) is 25.7 Å². The highest BCUT2D eigenvalue weighted by Gasteiger charge is 2.17. The average Bonchev–Trinajstić information content (AvgIpc) is 2.74. The molecule has 1 atom stereocenters. The molecule has 18 heavy (non-hydrogen) atoms. The second-order valence-electron chi connectivity index (χ2n) is 4.94. The minimum absolute atomic E-state index is 0.214. The van der Waals surface area contributed by atoms with Crippen molar-refractivity contribution in [2.45, 2.75) is 31.8 Å². The van der Waals surface area contributed by atoms with Gasteiger partial charge in [0.2, 0.25) is 5.91 Å². The van der Waals surface area contributed by atoms with Crippen LogP contribution in [0.25, 0.3) is 0 Å². The lowest BCUT2D eigenvalue weighted by atomic mass is 10.2.